The molecule has 1 amide bonds. The summed E-state index contributed by atoms with van der Waals surface area (Å²) < 4.78 is 4.90. The number of allylic oxidation sites excluding steroid dienone is 1. The molecule has 0 spiro atoms. The largest absolute Gasteiger partial charge is 0.466 e. The van der Waals surface area contributed by atoms with Gasteiger partial charge < -0.3 is 9.64 Å². The van der Waals surface area contributed by atoms with E-state index < -0.39 is 0 Å². The van der Waals surface area contributed by atoms with E-state index in [1.54, 1.807) is 25.7 Å². The van der Waals surface area contributed by atoms with Crippen molar-refractivity contribution in [2.45, 2.75) is 24.2 Å². The highest BCUT2D eigenvalue weighted by molar-refractivity contribution is 7.98. The first kappa shape index (κ1) is 15.6. The number of thioether (sulfide) groups is 1. The Kier molecular flexibility index (Phi) is 4.73. The summed E-state index contributed by atoms with van der Waals surface area (Å²) in [6.45, 7) is 1.78. The Hall–Kier alpha value is -1.75. The predicted molar refractivity (Wildman–Crippen MR) is 83.1 cm³/mol. The molecule has 0 radical (unpaired) electrons. The zero-order valence-corrected chi connectivity index (χ0v) is 13.5. The van der Waals surface area contributed by atoms with Crippen molar-refractivity contribution < 1.29 is 14.3 Å². The number of nitrogens with zero attached hydrogens (tertiary/aromatic N) is 1. The first-order chi connectivity index (χ1) is 9.99. The van der Waals surface area contributed by atoms with Crippen LogP contribution in [0, 0.1) is 0 Å². The van der Waals surface area contributed by atoms with Gasteiger partial charge in [-0.3, -0.25) is 4.79 Å². The molecular formula is C16H19NO3S. The van der Waals surface area contributed by atoms with Crippen LogP contribution in [0.4, 0.5) is 0 Å². The predicted octanol–water partition coefficient (Wildman–Crippen LogP) is 2.80. The van der Waals surface area contributed by atoms with Crippen LogP contribution in [0.2, 0.25) is 0 Å². The summed E-state index contributed by atoms with van der Waals surface area (Å²) in [6.07, 6.45) is 2.30. The van der Waals surface area contributed by atoms with Crippen LogP contribution in [0.1, 0.15) is 24.8 Å². The Morgan fingerprint density at radius 2 is 1.95 bits per heavy atom. The number of amides is 1. The molecule has 1 aromatic rings. The second-order valence-corrected chi connectivity index (χ2v) is 5.85. The van der Waals surface area contributed by atoms with Crippen LogP contribution >= 0.6 is 11.8 Å². The number of rotatable bonds is 3. The average Bonchev–Trinajstić information content (AvgIpc) is 2.51. The van der Waals surface area contributed by atoms with Crippen LogP contribution in [0.15, 0.2) is 40.4 Å². The Morgan fingerprint density at radius 3 is 2.48 bits per heavy atom. The zero-order chi connectivity index (χ0) is 15.6. The Balaban J connectivity index is 2.48. The Morgan fingerprint density at radius 1 is 1.33 bits per heavy atom. The Labute approximate surface area is 129 Å². The highest BCUT2D eigenvalue weighted by Crippen LogP contribution is 2.36. The molecule has 0 fully saturated rings. The van der Waals surface area contributed by atoms with Crippen molar-refractivity contribution in [2.75, 3.05) is 20.4 Å². The molecule has 0 N–H and O–H groups in total. The lowest BCUT2D eigenvalue weighted by atomic mass is 9.84. The summed E-state index contributed by atoms with van der Waals surface area (Å²) in [5, 5.41) is 0. The fourth-order valence-corrected chi connectivity index (χ4v) is 2.96. The van der Waals surface area contributed by atoms with Gasteiger partial charge in [0.1, 0.15) is 0 Å². The number of carbonyl (C=O) groups excluding carboxylic acids is 2. The molecule has 1 aliphatic heterocycles. The third-order valence-electron chi connectivity index (χ3n) is 3.92. The van der Waals surface area contributed by atoms with Gasteiger partial charge >= 0.3 is 5.97 Å². The molecule has 1 heterocycles. The van der Waals surface area contributed by atoms with E-state index >= 15 is 0 Å². The normalized spacial score (nSPS) is 19.0. The third-order valence-corrected chi connectivity index (χ3v) is 4.66. The molecule has 1 atom stereocenters. The van der Waals surface area contributed by atoms with Crippen molar-refractivity contribution in [3.05, 3.63) is 41.1 Å². The van der Waals surface area contributed by atoms with Crippen molar-refractivity contribution in [1.82, 2.24) is 4.90 Å². The van der Waals surface area contributed by atoms with Crippen molar-refractivity contribution in [3.63, 3.8) is 0 Å². The second kappa shape index (κ2) is 6.35. The van der Waals surface area contributed by atoms with Crippen molar-refractivity contribution in [2.24, 2.45) is 0 Å². The van der Waals surface area contributed by atoms with E-state index in [2.05, 4.69) is 0 Å². The molecular weight excluding hydrogens is 286 g/mol. The number of benzene rings is 1. The van der Waals surface area contributed by atoms with E-state index in [0.29, 0.717) is 11.3 Å². The zero-order valence-electron chi connectivity index (χ0n) is 12.7. The first-order valence-electron chi connectivity index (χ1n) is 6.69. The first-order valence-corrected chi connectivity index (χ1v) is 7.91. The van der Waals surface area contributed by atoms with Gasteiger partial charge in [-0.05, 0) is 30.9 Å². The summed E-state index contributed by atoms with van der Waals surface area (Å²) in [5.41, 5.74) is 2.20. The molecule has 2 rings (SSSR count). The van der Waals surface area contributed by atoms with E-state index in [9.17, 15) is 9.59 Å². The van der Waals surface area contributed by atoms with Gasteiger partial charge in [0.25, 0.3) is 0 Å². The number of ether oxygens (including phenoxy) is 1. The van der Waals surface area contributed by atoms with Crippen molar-refractivity contribution in [3.8, 4) is 0 Å². The van der Waals surface area contributed by atoms with E-state index in [-0.39, 0.29) is 24.2 Å². The molecule has 0 aliphatic carbocycles. The van der Waals surface area contributed by atoms with E-state index in [4.69, 9.17) is 4.74 Å². The molecule has 4 nitrogen and oxygen atoms in total. The highest BCUT2D eigenvalue weighted by Gasteiger charge is 2.35. The molecule has 0 saturated heterocycles. The second-order valence-electron chi connectivity index (χ2n) is 4.97. The van der Waals surface area contributed by atoms with Crippen LogP contribution in [0.3, 0.4) is 0 Å². The molecule has 0 saturated carbocycles. The minimum Gasteiger partial charge on any atom is -0.466 e. The average molecular weight is 305 g/mol. The fraction of sp³-hybridized carbons (Fsp3) is 0.375. The standard InChI is InChI=1S/C16H19NO3S/c1-10-15(16(19)20-3)13(9-14(18)17(10)2)11-5-7-12(21-4)8-6-11/h5-8,13H,9H2,1-4H3/t13-/m1/s1. The van der Waals surface area contributed by atoms with Crippen LogP contribution in [-0.4, -0.2) is 37.2 Å². The minimum atomic E-state index is -0.370. The van der Waals surface area contributed by atoms with Crippen LogP contribution in [0.25, 0.3) is 0 Å². The lowest BCUT2D eigenvalue weighted by Gasteiger charge is -2.31. The Bertz CT molecular complexity index is 592. The summed E-state index contributed by atoms with van der Waals surface area (Å²) in [4.78, 5) is 26.9. The van der Waals surface area contributed by atoms with Gasteiger partial charge in [-0.25, -0.2) is 4.79 Å². The van der Waals surface area contributed by atoms with E-state index in [1.807, 2.05) is 30.5 Å². The monoisotopic (exact) mass is 305 g/mol. The molecule has 0 unspecified atom stereocenters. The summed E-state index contributed by atoms with van der Waals surface area (Å²) in [5.74, 6) is -0.595. The SMILES string of the molecule is COC(=O)C1=C(C)N(C)C(=O)C[C@@H]1c1ccc(SC)cc1. The molecule has 21 heavy (non-hydrogen) atoms. The summed E-state index contributed by atoms with van der Waals surface area (Å²) >= 11 is 1.66. The summed E-state index contributed by atoms with van der Waals surface area (Å²) in [6, 6.07) is 7.97. The van der Waals surface area contributed by atoms with Gasteiger partial charge in [0.05, 0.1) is 12.7 Å². The van der Waals surface area contributed by atoms with Crippen LogP contribution < -0.4 is 0 Å². The van der Waals surface area contributed by atoms with E-state index in [1.165, 1.54) is 12.0 Å². The fourth-order valence-electron chi connectivity index (χ4n) is 2.55. The third kappa shape index (κ3) is 2.97. The van der Waals surface area contributed by atoms with Gasteiger partial charge in [-0.1, -0.05) is 12.1 Å². The van der Waals surface area contributed by atoms with E-state index in [0.717, 1.165) is 10.5 Å². The number of esters is 1. The maximum Gasteiger partial charge on any atom is 0.336 e. The molecule has 5 heteroatoms. The van der Waals surface area contributed by atoms with Crippen LogP contribution in [0.5, 0.6) is 0 Å². The van der Waals surface area contributed by atoms with Crippen LogP contribution in [-0.2, 0) is 14.3 Å². The van der Waals surface area contributed by atoms with Crippen molar-refractivity contribution in [1.29, 1.82) is 0 Å². The molecule has 1 aromatic carbocycles. The smallest absolute Gasteiger partial charge is 0.336 e. The van der Waals surface area contributed by atoms with Gasteiger partial charge in [-0.2, -0.15) is 0 Å². The maximum absolute atomic E-state index is 12.1. The minimum absolute atomic E-state index is 0.0131. The molecule has 0 bridgehead atoms. The number of hydrogen-bond acceptors (Lipinski definition) is 4. The van der Waals surface area contributed by atoms with Crippen molar-refractivity contribution >= 4 is 23.6 Å². The number of hydrogen-bond donors (Lipinski definition) is 0. The topological polar surface area (TPSA) is 46.6 Å². The maximum atomic E-state index is 12.1. The number of methoxy groups -OCH3 is 1. The summed E-state index contributed by atoms with van der Waals surface area (Å²) in [7, 11) is 3.06. The molecule has 0 aromatic heterocycles. The molecule has 1 aliphatic rings. The van der Waals surface area contributed by atoms with Gasteiger partial charge in [-0.15, -0.1) is 11.8 Å². The quantitative estimate of drug-likeness (QED) is 0.636. The lowest BCUT2D eigenvalue weighted by molar-refractivity contribution is -0.137. The highest BCUT2D eigenvalue weighted by atomic mass is 32.2. The lowest BCUT2D eigenvalue weighted by Crippen LogP contribution is -2.35. The molecule has 112 valence electrons. The van der Waals surface area contributed by atoms with Gasteiger partial charge in [0.2, 0.25) is 5.91 Å². The van der Waals surface area contributed by atoms with Gasteiger partial charge in [0, 0.05) is 30.0 Å². The van der Waals surface area contributed by atoms with Gasteiger partial charge in [0.15, 0.2) is 0 Å². The number of carbonyl (C=O) groups is 2.